The number of ether oxygens (including phenoxy) is 2. The van der Waals surface area contributed by atoms with Crippen LogP contribution in [0.4, 0.5) is 0 Å². The summed E-state index contributed by atoms with van der Waals surface area (Å²) in [5, 5.41) is 11.0. The first-order valence-corrected chi connectivity index (χ1v) is 7.49. The number of hydrogen-bond donors (Lipinski definition) is 1. The number of carbonyl (C=O) groups excluding carboxylic acids is 2. The van der Waals surface area contributed by atoms with Crippen LogP contribution in [0.1, 0.15) is 26.3 Å². The number of rotatable bonds is 2. The van der Waals surface area contributed by atoms with Crippen LogP contribution >= 0.6 is 0 Å². The Kier molecular flexibility index (Phi) is 3.08. The smallest absolute Gasteiger partial charge is 0.338 e. The van der Waals surface area contributed by atoms with Gasteiger partial charge in [0.2, 0.25) is 5.78 Å². The van der Waals surface area contributed by atoms with Crippen molar-refractivity contribution in [1.29, 1.82) is 0 Å². The summed E-state index contributed by atoms with van der Waals surface area (Å²) in [6.45, 7) is -0.246. The summed E-state index contributed by atoms with van der Waals surface area (Å²) in [6, 6.07) is 12.6. The predicted molar refractivity (Wildman–Crippen MR) is 85.5 cm³/mol. The predicted octanol–water partition coefficient (Wildman–Crippen LogP) is 2.44. The van der Waals surface area contributed by atoms with Gasteiger partial charge in [0.15, 0.2) is 5.76 Å². The fraction of sp³-hybridized carbons (Fsp3) is 0.158. The van der Waals surface area contributed by atoms with Gasteiger partial charge in [0, 0.05) is 17.2 Å². The van der Waals surface area contributed by atoms with Crippen molar-refractivity contribution in [3.63, 3.8) is 0 Å². The Morgan fingerprint density at radius 2 is 1.79 bits per heavy atom. The quantitative estimate of drug-likeness (QED) is 0.860. The van der Waals surface area contributed by atoms with Gasteiger partial charge in [0.05, 0.1) is 12.7 Å². The van der Waals surface area contributed by atoms with E-state index in [0.29, 0.717) is 11.1 Å². The second-order valence-corrected chi connectivity index (χ2v) is 5.82. The molecule has 0 aromatic heterocycles. The van der Waals surface area contributed by atoms with E-state index in [-0.39, 0.29) is 29.3 Å². The molecule has 0 amide bonds. The van der Waals surface area contributed by atoms with Crippen LogP contribution < -0.4 is 0 Å². The third-order valence-electron chi connectivity index (χ3n) is 4.41. The molecule has 1 aliphatic heterocycles. The topological polar surface area (TPSA) is 72.8 Å². The average molecular weight is 322 g/mol. The van der Waals surface area contributed by atoms with Crippen molar-refractivity contribution in [1.82, 2.24) is 0 Å². The number of carbonyl (C=O) groups is 2. The minimum Gasteiger partial charge on any atom is -0.493 e. The second-order valence-electron chi connectivity index (χ2n) is 5.82. The maximum atomic E-state index is 12.9. The maximum Gasteiger partial charge on any atom is 0.338 e. The van der Waals surface area contributed by atoms with Crippen molar-refractivity contribution in [2.45, 2.75) is 5.60 Å². The third-order valence-corrected chi connectivity index (χ3v) is 4.41. The zero-order valence-electron chi connectivity index (χ0n) is 12.9. The first-order valence-electron chi connectivity index (χ1n) is 7.49. The Balaban J connectivity index is 2.08. The molecular weight excluding hydrogens is 308 g/mol. The monoisotopic (exact) mass is 322 g/mol. The zero-order valence-corrected chi connectivity index (χ0v) is 12.9. The van der Waals surface area contributed by atoms with Crippen LogP contribution in [-0.2, 0) is 15.1 Å². The van der Waals surface area contributed by atoms with Crippen LogP contribution in [0.2, 0.25) is 0 Å². The SMILES string of the molecule is COC1=C[C@@]2(O)COC(=O)c3ccc(-c4ccccc4)c(c32)C1=O. The molecular formula is C19H14O5. The fourth-order valence-electron chi connectivity index (χ4n) is 3.31. The van der Waals surface area contributed by atoms with E-state index in [2.05, 4.69) is 0 Å². The number of hydrogen-bond acceptors (Lipinski definition) is 5. The lowest BCUT2D eigenvalue weighted by Gasteiger charge is -2.36. The molecule has 0 saturated heterocycles. The summed E-state index contributed by atoms with van der Waals surface area (Å²) < 4.78 is 10.2. The molecule has 0 bridgehead atoms. The number of methoxy groups -OCH3 is 1. The molecule has 0 fully saturated rings. The van der Waals surface area contributed by atoms with Crippen molar-refractivity contribution in [2.24, 2.45) is 0 Å². The number of esters is 1. The lowest BCUT2D eigenvalue weighted by Crippen LogP contribution is -2.42. The minimum absolute atomic E-state index is 0.0391. The standard InChI is InChI=1S/C19H14O5/c1-23-14-9-19(22)10-24-18(21)13-8-7-12(11-5-3-2-4-6-11)15(16(13)19)17(14)20/h2-9,22H,10H2,1H3/t19-/m1/s1. The summed E-state index contributed by atoms with van der Waals surface area (Å²) in [6.07, 6.45) is 1.32. The zero-order chi connectivity index (χ0) is 16.9. The fourth-order valence-corrected chi connectivity index (χ4v) is 3.31. The van der Waals surface area contributed by atoms with Gasteiger partial charge < -0.3 is 14.6 Å². The molecule has 2 aliphatic rings. The lowest BCUT2D eigenvalue weighted by molar-refractivity contribution is -0.0207. The van der Waals surface area contributed by atoms with Crippen molar-refractivity contribution in [2.75, 3.05) is 13.7 Å². The van der Waals surface area contributed by atoms with Gasteiger partial charge in [-0.3, -0.25) is 4.79 Å². The normalized spacial score (nSPS) is 21.7. The molecule has 5 nitrogen and oxygen atoms in total. The Labute approximate surface area is 138 Å². The van der Waals surface area contributed by atoms with Crippen LogP contribution in [-0.4, -0.2) is 30.6 Å². The number of ketones is 1. The van der Waals surface area contributed by atoms with E-state index in [9.17, 15) is 14.7 Å². The van der Waals surface area contributed by atoms with Gasteiger partial charge in [0.25, 0.3) is 0 Å². The Hall–Kier alpha value is -2.92. The lowest BCUT2D eigenvalue weighted by atomic mass is 9.76. The van der Waals surface area contributed by atoms with Crippen molar-refractivity contribution >= 4 is 11.8 Å². The highest BCUT2D eigenvalue weighted by atomic mass is 16.5. The van der Waals surface area contributed by atoms with E-state index in [1.54, 1.807) is 12.1 Å². The van der Waals surface area contributed by atoms with Crippen LogP contribution in [0.25, 0.3) is 11.1 Å². The highest BCUT2D eigenvalue weighted by Gasteiger charge is 2.46. The average Bonchev–Trinajstić information content (AvgIpc) is 2.62. The second kappa shape index (κ2) is 5.04. The molecule has 24 heavy (non-hydrogen) atoms. The molecule has 1 N–H and O–H groups in total. The molecule has 0 radical (unpaired) electrons. The summed E-state index contributed by atoms with van der Waals surface area (Å²) >= 11 is 0. The van der Waals surface area contributed by atoms with E-state index < -0.39 is 11.6 Å². The van der Waals surface area contributed by atoms with Crippen molar-refractivity contribution in [3.05, 3.63) is 71.0 Å². The summed E-state index contributed by atoms with van der Waals surface area (Å²) in [5.41, 5.74) is 0.696. The third kappa shape index (κ3) is 1.91. The van der Waals surface area contributed by atoms with E-state index >= 15 is 0 Å². The number of Topliss-reactive ketones (excluding diaryl/α,β-unsaturated/α-hetero) is 1. The Morgan fingerprint density at radius 3 is 2.50 bits per heavy atom. The molecule has 0 unspecified atom stereocenters. The maximum absolute atomic E-state index is 12.9. The highest BCUT2D eigenvalue weighted by Crippen LogP contribution is 2.43. The molecule has 0 spiro atoms. The summed E-state index contributed by atoms with van der Waals surface area (Å²) in [5.74, 6) is -0.859. The first kappa shape index (κ1) is 14.7. The first-order chi connectivity index (χ1) is 11.5. The van der Waals surface area contributed by atoms with E-state index in [1.807, 2.05) is 30.3 Å². The van der Waals surface area contributed by atoms with E-state index in [1.165, 1.54) is 13.2 Å². The number of allylic oxidation sites excluding steroid dienone is 1. The van der Waals surface area contributed by atoms with Gasteiger partial charge in [-0.15, -0.1) is 0 Å². The summed E-state index contributed by atoms with van der Waals surface area (Å²) in [4.78, 5) is 24.9. The molecule has 1 atom stereocenters. The van der Waals surface area contributed by atoms with Crippen LogP contribution in [0.5, 0.6) is 0 Å². The minimum atomic E-state index is -1.57. The molecule has 1 aliphatic carbocycles. The van der Waals surface area contributed by atoms with Gasteiger partial charge in [-0.05, 0) is 17.2 Å². The molecule has 5 heteroatoms. The molecule has 2 aromatic carbocycles. The number of benzene rings is 2. The van der Waals surface area contributed by atoms with Crippen molar-refractivity contribution < 1.29 is 24.2 Å². The Morgan fingerprint density at radius 1 is 1.08 bits per heavy atom. The molecule has 2 aromatic rings. The van der Waals surface area contributed by atoms with Crippen LogP contribution in [0.15, 0.2) is 54.3 Å². The van der Waals surface area contributed by atoms with Gasteiger partial charge in [-0.1, -0.05) is 36.4 Å². The van der Waals surface area contributed by atoms with Crippen LogP contribution in [0, 0.1) is 0 Å². The molecule has 1 heterocycles. The van der Waals surface area contributed by atoms with E-state index in [0.717, 1.165) is 5.56 Å². The number of cyclic esters (lactones) is 1. The molecule has 4 rings (SSSR count). The van der Waals surface area contributed by atoms with Gasteiger partial charge >= 0.3 is 5.97 Å². The largest absolute Gasteiger partial charge is 0.493 e. The van der Waals surface area contributed by atoms with Gasteiger partial charge in [-0.2, -0.15) is 0 Å². The van der Waals surface area contributed by atoms with Crippen LogP contribution in [0.3, 0.4) is 0 Å². The number of aliphatic hydroxyl groups is 1. The van der Waals surface area contributed by atoms with E-state index in [4.69, 9.17) is 9.47 Å². The van der Waals surface area contributed by atoms with Gasteiger partial charge in [-0.25, -0.2) is 4.79 Å². The van der Waals surface area contributed by atoms with Crippen molar-refractivity contribution in [3.8, 4) is 11.1 Å². The highest BCUT2D eigenvalue weighted by molar-refractivity contribution is 6.16. The molecule has 0 saturated carbocycles. The molecule has 120 valence electrons. The Bertz CT molecular complexity index is 897. The summed E-state index contributed by atoms with van der Waals surface area (Å²) in [7, 11) is 1.37. The van der Waals surface area contributed by atoms with Gasteiger partial charge in [0.1, 0.15) is 12.2 Å².